The molecule has 1 N–H and O–H groups in total. The summed E-state index contributed by atoms with van der Waals surface area (Å²) in [6.45, 7) is 5.47. The lowest BCUT2D eigenvalue weighted by Gasteiger charge is -2.24. The minimum absolute atomic E-state index is 0.0911. The molecule has 0 atom stereocenters. The van der Waals surface area contributed by atoms with Crippen LogP contribution in [0.5, 0.6) is 0 Å². The minimum atomic E-state index is -0.0911. The van der Waals surface area contributed by atoms with Crippen molar-refractivity contribution in [3.63, 3.8) is 0 Å². The molecule has 0 bridgehead atoms. The molecule has 1 aromatic rings. The van der Waals surface area contributed by atoms with Crippen molar-refractivity contribution in [2.45, 2.75) is 76.5 Å². The van der Waals surface area contributed by atoms with Gasteiger partial charge in [0.05, 0.1) is 5.69 Å². The first-order valence-corrected chi connectivity index (χ1v) is 8.75. The minimum Gasteiger partial charge on any atom is -0.371 e. The first-order chi connectivity index (χ1) is 9.64. The molecule has 0 radical (unpaired) electrons. The highest BCUT2D eigenvalue weighted by Crippen LogP contribution is 2.44. The van der Waals surface area contributed by atoms with Crippen molar-refractivity contribution in [3.05, 3.63) is 15.6 Å². The second-order valence-electron chi connectivity index (χ2n) is 6.54. The molecule has 4 heteroatoms. The number of hydrogen-bond acceptors (Lipinski definition) is 4. The highest BCUT2D eigenvalue weighted by Gasteiger charge is 2.39. The number of nitrogens with zero attached hydrogens (tertiary/aromatic N) is 1. The fourth-order valence-electron chi connectivity index (χ4n) is 3.11. The van der Waals surface area contributed by atoms with Gasteiger partial charge in [-0.15, -0.1) is 11.3 Å². The maximum absolute atomic E-state index is 5.90. The predicted molar refractivity (Wildman–Crippen MR) is 83.2 cm³/mol. The SMILES string of the molecule is COC1(c2nc(C(C)C)c(CNC3CC3)s2)CCCC1. The Balaban J connectivity index is 1.85. The van der Waals surface area contributed by atoms with E-state index in [9.17, 15) is 0 Å². The summed E-state index contributed by atoms with van der Waals surface area (Å²) >= 11 is 1.88. The van der Waals surface area contributed by atoms with Crippen LogP contribution in [-0.4, -0.2) is 18.1 Å². The summed E-state index contributed by atoms with van der Waals surface area (Å²) in [7, 11) is 1.85. The van der Waals surface area contributed by atoms with Crippen molar-refractivity contribution in [1.82, 2.24) is 10.3 Å². The smallest absolute Gasteiger partial charge is 0.125 e. The van der Waals surface area contributed by atoms with E-state index in [1.54, 1.807) is 0 Å². The van der Waals surface area contributed by atoms with Gasteiger partial charge in [0.25, 0.3) is 0 Å². The highest BCUT2D eigenvalue weighted by molar-refractivity contribution is 7.11. The molecular formula is C16H26N2OS. The Morgan fingerprint density at radius 2 is 2.05 bits per heavy atom. The lowest BCUT2D eigenvalue weighted by atomic mass is 10.0. The monoisotopic (exact) mass is 294 g/mol. The molecule has 3 nitrogen and oxygen atoms in total. The van der Waals surface area contributed by atoms with E-state index in [0.29, 0.717) is 5.92 Å². The molecule has 0 spiro atoms. The van der Waals surface area contributed by atoms with Crippen LogP contribution < -0.4 is 5.32 Å². The van der Waals surface area contributed by atoms with Crippen LogP contribution in [0, 0.1) is 0 Å². The fourth-order valence-corrected chi connectivity index (χ4v) is 4.50. The van der Waals surface area contributed by atoms with Crippen LogP contribution in [0.3, 0.4) is 0 Å². The topological polar surface area (TPSA) is 34.1 Å². The van der Waals surface area contributed by atoms with E-state index >= 15 is 0 Å². The van der Waals surface area contributed by atoms with Crippen LogP contribution in [0.15, 0.2) is 0 Å². The summed E-state index contributed by atoms with van der Waals surface area (Å²) in [5.41, 5.74) is 1.19. The zero-order valence-corrected chi connectivity index (χ0v) is 13.7. The van der Waals surface area contributed by atoms with Crippen molar-refractivity contribution >= 4 is 11.3 Å². The fraction of sp³-hybridized carbons (Fsp3) is 0.812. The number of ether oxygens (including phenoxy) is 1. The standard InChI is InChI=1S/C16H26N2OS/c1-11(2)14-13(10-17-12-6-7-12)20-15(18-14)16(19-3)8-4-5-9-16/h11-12,17H,4-10H2,1-3H3. The number of thiazole rings is 1. The van der Waals surface area contributed by atoms with Crippen molar-refractivity contribution in [2.24, 2.45) is 0 Å². The summed E-state index contributed by atoms with van der Waals surface area (Å²) in [6, 6.07) is 0.753. The molecule has 0 aromatic carbocycles. The molecule has 112 valence electrons. The van der Waals surface area contributed by atoms with Crippen molar-refractivity contribution in [3.8, 4) is 0 Å². The molecule has 2 saturated carbocycles. The molecule has 1 heterocycles. The lowest BCUT2D eigenvalue weighted by Crippen LogP contribution is -2.24. The zero-order valence-electron chi connectivity index (χ0n) is 12.9. The Labute approximate surface area is 126 Å². The van der Waals surface area contributed by atoms with Gasteiger partial charge in [0.1, 0.15) is 10.6 Å². The third-order valence-corrected chi connectivity index (χ3v) is 5.85. The molecule has 2 aliphatic carbocycles. The molecule has 0 amide bonds. The molecule has 2 aliphatic rings. The average Bonchev–Trinajstić information content (AvgIpc) is 2.98. The van der Waals surface area contributed by atoms with Gasteiger partial charge in [0.2, 0.25) is 0 Å². The Kier molecular flexibility index (Phi) is 4.16. The zero-order chi connectivity index (χ0) is 14.2. The van der Waals surface area contributed by atoms with Gasteiger partial charge < -0.3 is 10.1 Å². The second-order valence-corrected chi connectivity index (χ2v) is 7.63. The van der Waals surface area contributed by atoms with Gasteiger partial charge >= 0.3 is 0 Å². The van der Waals surface area contributed by atoms with Gasteiger partial charge in [0, 0.05) is 24.6 Å². The number of methoxy groups -OCH3 is 1. The maximum atomic E-state index is 5.90. The molecule has 0 aliphatic heterocycles. The van der Waals surface area contributed by atoms with E-state index in [4.69, 9.17) is 9.72 Å². The predicted octanol–water partition coefficient (Wildman–Crippen LogP) is 3.93. The molecular weight excluding hydrogens is 268 g/mol. The molecule has 0 saturated heterocycles. The van der Waals surface area contributed by atoms with Gasteiger partial charge in [-0.3, -0.25) is 0 Å². The van der Waals surface area contributed by atoms with Crippen molar-refractivity contribution < 1.29 is 4.74 Å². The maximum Gasteiger partial charge on any atom is 0.125 e. The number of nitrogens with one attached hydrogen (secondary N) is 1. The highest BCUT2D eigenvalue weighted by atomic mass is 32.1. The largest absolute Gasteiger partial charge is 0.371 e. The lowest BCUT2D eigenvalue weighted by molar-refractivity contribution is -0.00898. The van der Waals surface area contributed by atoms with E-state index in [2.05, 4.69) is 19.2 Å². The Hall–Kier alpha value is -0.450. The van der Waals surface area contributed by atoms with Crippen LogP contribution in [0.2, 0.25) is 0 Å². The first kappa shape index (κ1) is 14.5. The number of rotatable bonds is 6. The molecule has 3 rings (SSSR count). The van der Waals surface area contributed by atoms with Gasteiger partial charge in [-0.25, -0.2) is 4.98 Å². The summed E-state index contributed by atoms with van der Waals surface area (Å²) in [6.07, 6.45) is 7.46. The first-order valence-electron chi connectivity index (χ1n) is 7.93. The van der Waals surface area contributed by atoms with Crippen LogP contribution in [0.1, 0.15) is 73.9 Å². The average molecular weight is 294 g/mol. The molecule has 0 unspecified atom stereocenters. The Morgan fingerprint density at radius 3 is 2.60 bits per heavy atom. The van der Waals surface area contributed by atoms with Gasteiger partial charge in [-0.1, -0.05) is 26.7 Å². The Bertz CT molecular complexity index is 459. The van der Waals surface area contributed by atoms with Crippen LogP contribution in [0.4, 0.5) is 0 Å². The third kappa shape index (κ3) is 2.78. The summed E-state index contributed by atoms with van der Waals surface area (Å²) in [4.78, 5) is 6.41. The van der Waals surface area contributed by atoms with Gasteiger partial charge in [-0.05, 0) is 31.6 Å². The van der Waals surface area contributed by atoms with Crippen LogP contribution in [0.25, 0.3) is 0 Å². The second kappa shape index (κ2) is 5.74. The normalized spacial score (nSPS) is 21.8. The van der Waals surface area contributed by atoms with Crippen molar-refractivity contribution in [2.75, 3.05) is 7.11 Å². The van der Waals surface area contributed by atoms with E-state index in [1.165, 1.54) is 41.3 Å². The van der Waals surface area contributed by atoms with Gasteiger partial charge in [0.15, 0.2) is 0 Å². The summed E-state index contributed by atoms with van der Waals surface area (Å²) in [5.74, 6) is 0.492. The number of aromatic nitrogens is 1. The third-order valence-electron chi connectivity index (χ3n) is 4.59. The number of hydrogen-bond donors (Lipinski definition) is 1. The molecule has 20 heavy (non-hydrogen) atoms. The van der Waals surface area contributed by atoms with Crippen LogP contribution in [-0.2, 0) is 16.9 Å². The quantitative estimate of drug-likeness (QED) is 0.863. The van der Waals surface area contributed by atoms with E-state index in [-0.39, 0.29) is 5.60 Å². The molecule has 2 fully saturated rings. The van der Waals surface area contributed by atoms with Gasteiger partial charge in [-0.2, -0.15) is 0 Å². The van der Waals surface area contributed by atoms with E-state index in [1.807, 2.05) is 18.4 Å². The Morgan fingerprint density at radius 1 is 1.35 bits per heavy atom. The summed E-state index contributed by atoms with van der Waals surface area (Å²) < 4.78 is 5.90. The van der Waals surface area contributed by atoms with Crippen LogP contribution >= 0.6 is 11.3 Å². The van der Waals surface area contributed by atoms with E-state index < -0.39 is 0 Å². The van der Waals surface area contributed by atoms with E-state index in [0.717, 1.165) is 25.4 Å². The van der Waals surface area contributed by atoms with Crippen molar-refractivity contribution in [1.29, 1.82) is 0 Å². The summed E-state index contributed by atoms with van der Waals surface area (Å²) in [5, 5.41) is 4.85. The molecule has 1 aromatic heterocycles.